The number of hydrogen-bond acceptors (Lipinski definition) is 9. The lowest BCUT2D eigenvalue weighted by Gasteiger charge is -2.13. The summed E-state index contributed by atoms with van der Waals surface area (Å²) in [5, 5.41) is 5.74. The maximum absolute atomic E-state index is 12.7. The zero-order valence-corrected chi connectivity index (χ0v) is 22.0. The van der Waals surface area contributed by atoms with Crippen molar-refractivity contribution in [2.24, 2.45) is 0 Å². The Kier molecular flexibility index (Phi) is 7.92. The molecule has 2 aromatic heterocycles. The van der Waals surface area contributed by atoms with Gasteiger partial charge in [0.15, 0.2) is 6.61 Å². The van der Waals surface area contributed by atoms with Gasteiger partial charge in [-0.1, -0.05) is 30.3 Å². The molecule has 10 nitrogen and oxygen atoms in total. The predicted molar refractivity (Wildman–Crippen MR) is 142 cm³/mol. The number of hydrogen-bond donors (Lipinski definition) is 3. The molecular weight excluding hydrogens is 559 g/mol. The van der Waals surface area contributed by atoms with E-state index < -0.39 is 38.5 Å². The second-order valence-corrected chi connectivity index (χ2v) is 13.1. The van der Waals surface area contributed by atoms with Gasteiger partial charge in [0.2, 0.25) is 0 Å². The number of sulfonamides is 2. The highest BCUT2D eigenvalue weighted by Gasteiger charge is 2.21. The van der Waals surface area contributed by atoms with Gasteiger partial charge in [-0.25, -0.2) is 21.6 Å². The van der Waals surface area contributed by atoms with Crippen molar-refractivity contribution in [3.63, 3.8) is 0 Å². The smallest absolute Gasteiger partial charge is 0.338 e. The first-order valence-corrected chi connectivity index (χ1v) is 15.1. The van der Waals surface area contributed by atoms with Crippen LogP contribution in [0.4, 0.5) is 17.1 Å². The molecule has 0 unspecified atom stereocenters. The van der Waals surface area contributed by atoms with E-state index in [-0.39, 0.29) is 25.4 Å². The largest absolute Gasteiger partial charge is 0.452 e. The zero-order valence-electron chi connectivity index (χ0n) is 18.8. The minimum Gasteiger partial charge on any atom is -0.452 e. The van der Waals surface area contributed by atoms with Gasteiger partial charge >= 0.3 is 5.97 Å². The van der Waals surface area contributed by atoms with Gasteiger partial charge < -0.3 is 10.1 Å². The zero-order chi connectivity index (χ0) is 26.5. The van der Waals surface area contributed by atoms with Crippen LogP contribution in [0.15, 0.2) is 92.0 Å². The fraction of sp³-hybridized carbons (Fsp3) is 0.0435. The average molecular weight is 578 g/mol. The number of amides is 1. The van der Waals surface area contributed by atoms with Crippen LogP contribution in [0.5, 0.6) is 0 Å². The first kappa shape index (κ1) is 26.3. The summed E-state index contributed by atoms with van der Waals surface area (Å²) in [6.07, 6.45) is 0. The number of carbonyl (C=O) groups is 2. The van der Waals surface area contributed by atoms with Crippen LogP contribution in [0.2, 0.25) is 0 Å². The minimum absolute atomic E-state index is 0.0266. The lowest BCUT2D eigenvalue weighted by Crippen LogP contribution is -2.21. The van der Waals surface area contributed by atoms with Gasteiger partial charge in [0.25, 0.3) is 26.0 Å². The lowest BCUT2D eigenvalue weighted by molar-refractivity contribution is -0.119. The van der Waals surface area contributed by atoms with Crippen LogP contribution in [0.25, 0.3) is 0 Å². The molecule has 4 rings (SSSR count). The Bertz CT molecular complexity index is 1520. The number of esters is 1. The van der Waals surface area contributed by atoms with E-state index in [0.29, 0.717) is 5.69 Å². The molecule has 2 heterocycles. The topological polar surface area (TPSA) is 148 Å². The van der Waals surface area contributed by atoms with Crippen molar-refractivity contribution < 1.29 is 31.2 Å². The van der Waals surface area contributed by atoms with Crippen LogP contribution >= 0.6 is 22.7 Å². The molecule has 0 fully saturated rings. The van der Waals surface area contributed by atoms with Crippen molar-refractivity contribution in [2.75, 3.05) is 21.4 Å². The van der Waals surface area contributed by atoms with Crippen LogP contribution in [-0.4, -0.2) is 35.3 Å². The molecule has 0 saturated heterocycles. The Balaban J connectivity index is 1.57. The maximum atomic E-state index is 12.7. The summed E-state index contributed by atoms with van der Waals surface area (Å²) in [5.74, 6) is -1.55. The number of benzene rings is 2. The molecule has 0 atom stereocenters. The van der Waals surface area contributed by atoms with Crippen molar-refractivity contribution in [1.82, 2.24) is 0 Å². The summed E-state index contributed by atoms with van der Waals surface area (Å²) >= 11 is 1.97. The fourth-order valence-electron chi connectivity index (χ4n) is 3.04. The molecule has 4 aromatic rings. The Morgan fingerprint density at radius 2 is 1.24 bits per heavy atom. The van der Waals surface area contributed by atoms with Gasteiger partial charge in [0.05, 0.1) is 16.9 Å². The average Bonchev–Trinajstić information content (AvgIpc) is 3.58. The van der Waals surface area contributed by atoms with Crippen molar-refractivity contribution in [3.8, 4) is 0 Å². The van der Waals surface area contributed by atoms with Gasteiger partial charge in [-0.15, -0.1) is 22.7 Å². The highest BCUT2D eigenvalue weighted by molar-refractivity contribution is 7.95. The maximum Gasteiger partial charge on any atom is 0.338 e. The van der Waals surface area contributed by atoms with E-state index in [4.69, 9.17) is 4.74 Å². The van der Waals surface area contributed by atoms with E-state index in [2.05, 4.69) is 14.8 Å². The van der Waals surface area contributed by atoms with Crippen LogP contribution in [-0.2, 0) is 29.6 Å². The number of anilines is 3. The van der Waals surface area contributed by atoms with Gasteiger partial charge in [-0.2, -0.15) is 0 Å². The molecule has 0 bridgehead atoms. The highest BCUT2D eigenvalue weighted by atomic mass is 32.3. The SMILES string of the molecule is O=C(COC(=O)c1cc(NS(=O)(=O)c2cccs2)cc(NS(=O)(=O)c2cccs2)c1)Nc1ccccc1. The third-order valence-electron chi connectivity index (χ3n) is 4.58. The predicted octanol–water partition coefficient (Wildman–Crippen LogP) is 4.21. The van der Waals surface area contributed by atoms with Gasteiger partial charge in [-0.05, 0) is 53.2 Å². The highest BCUT2D eigenvalue weighted by Crippen LogP contribution is 2.27. The summed E-state index contributed by atoms with van der Waals surface area (Å²) in [6, 6.07) is 18.1. The van der Waals surface area contributed by atoms with E-state index >= 15 is 0 Å². The Labute approximate surface area is 221 Å². The molecule has 0 spiro atoms. The molecule has 192 valence electrons. The molecule has 0 aliphatic rings. The Morgan fingerprint density at radius 1 is 0.703 bits per heavy atom. The van der Waals surface area contributed by atoms with E-state index in [0.717, 1.165) is 22.7 Å². The third kappa shape index (κ3) is 6.95. The summed E-state index contributed by atoms with van der Waals surface area (Å²) in [5.41, 5.74) is 0.169. The van der Waals surface area contributed by atoms with E-state index in [1.54, 1.807) is 53.2 Å². The van der Waals surface area contributed by atoms with Crippen LogP contribution in [0, 0.1) is 0 Å². The van der Waals surface area contributed by atoms with Crippen molar-refractivity contribution in [2.45, 2.75) is 8.42 Å². The number of carbonyl (C=O) groups excluding carboxylic acids is 2. The molecular formula is C23H19N3O7S4. The number of para-hydroxylation sites is 1. The Hall–Kier alpha value is -3.72. The van der Waals surface area contributed by atoms with E-state index in [9.17, 15) is 26.4 Å². The summed E-state index contributed by atoms with van der Waals surface area (Å²) in [7, 11) is -8.00. The molecule has 0 radical (unpaired) electrons. The molecule has 0 aliphatic carbocycles. The normalized spacial score (nSPS) is 11.5. The first-order chi connectivity index (χ1) is 17.6. The Morgan fingerprint density at radius 3 is 1.73 bits per heavy atom. The minimum atomic E-state index is -4.00. The van der Waals surface area contributed by atoms with Gasteiger partial charge in [-0.3, -0.25) is 14.2 Å². The molecule has 1 amide bonds. The fourth-order valence-corrected chi connectivity index (χ4v) is 7.11. The monoisotopic (exact) mass is 577 g/mol. The number of ether oxygens (including phenoxy) is 1. The van der Waals surface area contributed by atoms with Crippen LogP contribution in [0.1, 0.15) is 10.4 Å². The number of nitrogens with one attached hydrogen (secondary N) is 3. The van der Waals surface area contributed by atoms with E-state index in [1.165, 1.54) is 30.3 Å². The van der Waals surface area contributed by atoms with Crippen molar-refractivity contribution in [1.29, 1.82) is 0 Å². The number of rotatable bonds is 10. The molecule has 3 N–H and O–H groups in total. The van der Waals surface area contributed by atoms with E-state index in [1.807, 2.05) is 0 Å². The quantitative estimate of drug-likeness (QED) is 0.239. The summed E-state index contributed by atoms with van der Waals surface area (Å²) in [6.45, 7) is -0.616. The second kappa shape index (κ2) is 11.1. The van der Waals surface area contributed by atoms with Crippen molar-refractivity contribution in [3.05, 3.63) is 89.1 Å². The summed E-state index contributed by atoms with van der Waals surface area (Å²) < 4.78 is 60.6. The standard InChI is InChI=1S/C23H19N3O7S4/c27-20(24-17-6-2-1-3-7-17)15-33-23(28)16-12-18(25-36(29,30)21-8-4-10-34-21)14-19(13-16)26-37(31,32)22-9-5-11-35-22/h1-14,25-26H,15H2,(H,24,27). The second-order valence-electron chi connectivity index (χ2n) is 7.36. The molecule has 2 aromatic carbocycles. The molecule has 14 heteroatoms. The first-order valence-electron chi connectivity index (χ1n) is 10.4. The third-order valence-corrected chi connectivity index (χ3v) is 10.1. The summed E-state index contributed by atoms with van der Waals surface area (Å²) in [4.78, 5) is 24.9. The van der Waals surface area contributed by atoms with Gasteiger partial charge in [0, 0.05) is 5.69 Å². The van der Waals surface area contributed by atoms with Crippen LogP contribution in [0.3, 0.4) is 0 Å². The molecule has 0 aliphatic heterocycles. The van der Waals surface area contributed by atoms with Crippen LogP contribution < -0.4 is 14.8 Å². The molecule has 37 heavy (non-hydrogen) atoms. The van der Waals surface area contributed by atoms with Crippen molar-refractivity contribution >= 4 is 71.7 Å². The van der Waals surface area contributed by atoms with Gasteiger partial charge in [0.1, 0.15) is 8.42 Å². The number of thiophene rings is 2. The molecule has 0 saturated carbocycles. The lowest BCUT2D eigenvalue weighted by atomic mass is 10.2.